The van der Waals surface area contributed by atoms with Gasteiger partial charge in [-0.3, -0.25) is 4.98 Å². The van der Waals surface area contributed by atoms with Crippen molar-refractivity contribution in [1.29, 1.82) is 5.26 Å². The molecule has 4 heteroatoms. The van der Waals surface area contributed by atoms with Crippen LogP contribution in [-0.2, 0) is 7.05 Å². The van der Waals surface area contributed by atoms with Crippen molar-refractivity contribution in [2.45, 2.75) is 0 Å². The van der Waals surface area contributed by atoms with Crippen molar-refractivity contribution in [1.82, 2.24) is 9.55 Å². The normalized spacial score (nSPS) is 11.4. The standard InChI is InChI=1S/C18H15N3O/c1-21-12-17(16-9-15(22-2)5-6-18(16)21)14(10-19)8-13-4-3-7-20-11-13/h3-9,11-12H,1-2H3. The number of pyridine rings is 1. The minimum atomic E-state index is 0.604. The highest BCUT2D eigenvalue weighted by molar-refractivity contribution is 6.01. The zero-order valence-corrected chi connectivity index (χ0v) is 12.4. The van der Waals surface area contributed by atoms with E-state index in [0.717, 1.165) is 27.8 Å². The van der Waals surface area contributed by atoms with Crippen molar-refractivity contribution in [2.75, 3.05) is 7.11 Å². The molecule has 0 saturated carbocycles. The van der Waals surface area contributed by atoms with Gasteiger partial charge in [-0.25, -0.2) is 0 Å². The zero-order chi connectivity index (χ0) is 15.5. The lowest BCUT2D eigenvalue weighted by atomic mass is 10.0. The van der Waals surface area contributed by atoms with Crippen LogP contribution in [0.15, 0.2) is 48.9 Å². The van der Waals surface area contributed by atoms with E-state index in [-0.39, 0.29) is 0 Å². The summed E-state index contributed by atoms with van der Waals surface area (Å²) in [6, 6.07) is 11.9. The molecule has 0 aliphatic rings. The number of benzene rings is 1. The van der Waals surface area contributed by atoms with Crippen LogP contribution in [-0.4, -0.2) is 16.7 Å². The van der Waals surface area contributed by atoms with E-state index in [9.17, 15) is 5.26 Å². The fourth-order valence-corrected chi connectivity index (χ4v) is 2.51. The summed E-state index contributed by atoms with van der Waals surface area (Å²) in [6.07, 6.45) is 7.27. The first-order chi connectivity index (χ1) is 10.7. The van der Waals surface area contributed by atoms with Crippen molar-refractivity contribution < 1.29 is 4.74 Å². The minimum Gasteiger partial charge on any atom is -0.497 e. The molecule has 108 valence electrons. The Morgan fingerprint density at radius 2 is 2.23 bits per heavy atom. The first-order valence-electron chi connectivity index (χ1n) is 6.88. The molecule has 0 unspecified atom stereocenters. The predicted molar refractivity (Wildman–Crippen MR) is 87.2 cm³/mol. The summed E-state index contributed by atoms with van der Waals surface area (Å²) in [5, 5.41) is 10.6. The molecule has 3 rings (SSSR count). The Kier molecular flexibility index (Phi) is 3.63. The van der Waals surface area contributed by atoms with E-state index >= 15 is 0 Å². The molecular formula is C18H15N3O. The molecule has 0 spiro atoms. The van der Waals surface area contributed by atoms with Gasteiger partial charge in [-0.2, -0.15) is 5.26 Å². The number of methoxy groups -OCH3 is 1. The van der Waals surface area contributed by atoms with Crippen LogP contribution in [0.25, 0.3) is 22.6 Å². The molecule has 0 atom stereocenters. The molecule has 0 fully saturated rings. The summed E-state index contributed by atoms with van der Waals surface area (Å²) >= 11 is 0. The van der Waals surface area contributed by atoms with E-state index in [0.29, 0.717) is 5.57 Å². The minimum absolute atomic E-state index is 0.604. The van der Waals surface area contributed by atoms with E-state index in [2.05, 4.69) is 11.1 Å². The third-order valence-electron chi connectivity index (χ3n) is 3.60. The van der Waals surface area contributed by atoms with E-state index in [1.807, 2.05) is 54.2 Å². The lowest BCUT2D eigenvalue weighted by Crippen LogP contribution is -1.85. The Hall–Kier alpha value is -3.06. The second-order valence-electron chi connectivity index (χ2n) is 4.99. The second-order valence-corrected chi connectivity index (χ2v) is 4.99. The van der Waals surface area contributed by atoms with Crippen LogP contribution >= 0.6 is 0 Å². The van der Waals surface area contributed by atoms with Gasteiger partial charge in [-0.1, -0.05) is 6.07 Å². The number of hydrogen-bond donors (Lipinski definition) is 0. The van der Waals surface area contributed by atoms with Crippen molar-refractivity contribution in [3.63, 3.8) is 0 Å². The number of nitriles is 1. The van der Waals surface area contributed by atoms with Crippen LogP contribution < -0.4 is 4.74 Å². The third kappa shape index (κ3) is 2.45. The maximum atomic E-state index is 9.56. The fourth-order valence-electron chi connectivity index (χ4n) is 2.51. The van der Waals surface area contributed by atoms with Gasteiger partial charge >= 0.3 is 0 Å². The highest BCUT2D eigenvalue weighted by Crippen LogP contribution is 2.30. The van der Waals surface area contributed by atoms with E-state index < -0.39 is 0 Å². The van der Waals surface area contributed by atoms with Gasteiger partial charge in [0, 0.05) is 42.1 Å². The maximum absolute atomic E-state index is 9.56. The van der Waals surface area contributed by atoms with Gasteiger partial charge in [0.25, 0.3) is 0 Å². The fraction of sp³-hybridized carbons (Fsp3) is 0.111. The molecule has 3 aromatic rings. The van der Waals surface area contributed by atoms with Crippen LogP contribution in [0.3, 0.4) is 0 Å². The quantitative estimate of drug-likeness (QED) is 0.692. The number of allylic oxidation sites excluding steroid dienone is 1. The topological polar surface area (TPSA) is 50.8 Å². The molecule has 1 aromatic carbocycles. The molecule has 0 amide bonds. The Labute approximate surface area is 128 Å². The van der Waals surface area contributed by atoms with Gasteiger partial charge in [0.15, 0.2) is 0 Å². The average molecular weight is 289 g/mol. The monoisotopic (exact) mass is 289 g/mol. The van der Waals surface area contributed by atoms with Gasteiger partial charge < -0.3 is 9.30 Å². The largest absolute Gasteiger partial charge is 0.497 e. The highest BCUT2D eigenvalue weighted by atomic mass is 16.5. The molecule has 0 aliphatic carbocycles. The summed E-state index contributed by atoms with van der Waals surface area (Å²) < 4.78 is 7.31. The molecule has 0 aliphatic heterocycles. The Balaban J connectivity index is 2.19. The van der Waals surface area contributed by atoms with Crippen molar-refractivity contribution in [2.24, 2.45) is 7.05 Å². The first kappa shape index (κ1) is 13.9. The Bertz CT molecular complexity index is 886. The van der Waals surface area contributed by atoms with E-state index in [1.165, 1.54) is 0 Å². The van der Waals surface area contributed by atoms with Crippen LogP contribution in [0.4, 0.5) is 0 Å². The van der Waals surface area contributed by atoms with Gasteiger partial charge in [0.2, 0.25) is 0 Å². The smallest absolute Gasteiger partial charge is 0.119 e. The Morgan fingerprint density at radius 3 is 2.91 bits per heavy atom. The zero-order valence-electron chi connectivity index (χ0n) is 12.4. The summed E-state index contributed by atoms with van der Waals surface area (Å²) in [4.78, 5) is 4.08. The van der Waals surface area contributed by atoms with Gasteiger partial charge in [-0.05, 0) is 35.9 Å². The predicted octanol–water partition coefficient (Wildman–Crippen LogP) is 3.65. The van der Waals surface area contributed by atoms with Gasteiger partial charge in [0.05, 0.1) is 18.8 Å². The number of fused-ring (bicyclic) bond motifs is 1. The molecular weight excluding hydrogens is 274 g/mol. The number of rotatable bonds is 3. The summed E-state index contributed by atoms with van der Waals surface area (Å²) in [5.74, 6) is 0.776. The van der Waals surface area contributed by atoms with E-state index in [1.54, 1.807) is 19.5 Å². The number of aromatic nitrogens is 2. The summed E-state index contributed by atoms with van der Waals surface area (Å²) in [5.41, 5.74) is 3.46. The third-order valence-corrected chi connectivity index (χ3v) is 3.60. The molecule has 0 saturated heterocycles. The molecule has 0 radical (unpaired) electrons. The highest BCUT2D eigenvalue weighted by Gasteiger charge is 2.12. The average Bonchev–Trinajstić information content (AvgIpc) is 2.89. The summed E-state index contributed by atoms with van der Waals surface area (Å²) in [6.45, 7) is 0. The van der Waals surface area contributed by atoms with Crippen LogP contribution in [0.5, 0.6) is 5.75 Å². The van der Waals surface area contributed by atoms with Gasteiger partial charge in [0.1, 0.15) is 5.75 Å². The maximum Gasteiger partial charge on any atom is 0.119 e. The molecule has 0 bridgehead atoms. The SMILES string of the molecule is COc1ccc2c(c1)c(C(C#N)=Cc1cccnc1)cn2C. The van der Waals surface area contributed by atoms with Crippen LogP contribution in [0, 0.1) is 11.3 Å². The van der Waals surface area contributed by atoms with Crippen LogP contribution in [0.2, 0.25) is 0 Å². The number of nitrogens with zero attached hydrogens (tertiary/aromatic N) is 3. The molecule has 4 nitrogen and oxygen atoms in total. The summed E-state index contributed by atoms with van der Waals surface area (Å²) in [7, 11) is 3.61. The van der Waals surface area contributed by atoms with Crippen molar-refractivity contribution >= 4 is 22.6 Å². The Morgan fingerprint density at radius 1 is 1.36 bits per heavy atom. The lowest BCUT2D eigenvalue weighted by molar-refractivity contribution is 0.415. The van der Waals surface area contributed by atoms with Crippen molar-refractivity contribution in [3.05, 3.63) is 60.0 Å². The number of aryl methyl sites for hydroxylation is 1. The number of ether oxygens (including phenoxy) is 1. The van der Waals surface area contributed by atoms with E-state index in [4.69, 9.17) is 4.74 Å². The molecule has 0 N–H and O–H groups in total. The van der Waals surface area contributed by atoms with Crippen LogP contribution in [0.1, 0.15) is 11.1 Å². The van der Waals surface area contributed by atoms with Gasteiger partial charge in [-0.15, -0.1) is 0 Å². The second kappa shape index (κ2) is 5.74. The molecule has 2 aromatic heterocycles. The van der Waals surface area contributed by atoms with Crippen molar-refractivity contribution in [3.8, 4) is 11.8 Å². The lowest BCUT2D eigenvalue weighted by Gasteiger charge is -2.02. The molecule has 2 heterocycles. The number of hydrogen-bond acceptors (Lipinski definition) is 3. The first-order valence-corrected chi connectivity index (χ1v) is 6.88. The molecule has 22 heavy (non-hydrogen) atoms.